The molecule has 5 nitrogen and oxygen atoms in total. The normalized spacial score (nSPS) is 10.2. The zero-order chi connectivity index (χ0) is 18.4. The number of likely N-dealkylation sites (N-methyl/N-ethyl adjacent to an activating group) is 1. The molecule has 25 heavy (non-hydrogen) atoms. The molecule has 0 bridgehead atoms. The van der Waals surface area contributed by atoms with Crippen molar-refractivity contribution in [2.24, 2.45) is 0 Å². The summed E-state index contributed by atoms with van der Waals surface area (Å²) in [6.07, 6.45) is 0. The van der Waals surface area contributed by atoms with Gasteiger partial charge in [0.25, 0.3) is 5.91 Å². The summed E-state index contributed by atoms with van der Waals surface area (Å²) in [5.74, 6) is 0.673. The van der Waals surface area contributed by atoms with Crippen molar-refractivity contribution in [2.45, 2.75) is 20.4 Å². The molecular formula is C20H23NO4. The molecule has 2 aromatic carbocycles. The highest BCUT2D eigenvalue weighted by Gasteiger charge is 2.14. The summed E-state index contributed by atoms with van der Waals surface area (Å²) in [5.41, 5.74) is 2.78. The van der Waals surface area contributed by atoms with E-state index in [1.54, 1.807) is 30.1 Å². The third-order valence-electron chi connectivity index (χ3n) is 4.02. The number of hydrogen-bond acceptors (Lipinski definition) is 4. The Hall–Kier alpha value is -2.82. The standard InChI is InChI=1S/C20H23NO4/c1-14-7-5-6-8-17(14)12-21(3)20(23)13-25-18-10-9-16(15(2)22)11-19(18)24-4/h5-11H,12-13H2,1-4H3. The largest absolute Gasteiger partial charge is 0.493 e. The molecule has 0 aliphatic carbocycles. The fraction of sp³-hybridized carbons (Fsp3) is 0.300. The lowest BCUT2D eigenvalue weighted by Gasteiger charge is -2.19. The predicted molar refractivity (Wildman–Crippen MR) is 96.1 cm³/mol. The number of aryl methyl sites for hydroxylation is 1. The lowest BCUT2D eigenvalue weighted by molar-refractivity contribution is -0.132. The molecule has 2 aromatic rings. The van der Waals surface area contributed by atoms with Crippen LogP contribution < -0.4 is 9.47 Å². The van der Waals surface area contributed by atoms with Gasteiger partial charge in [0.05, 0.1) is 7.11 Å². The number of nitrogens with zero attached hydrogens (tertiary/aromatic N) is 1. The molecule has 0 fully saturated rings. The minimum atomic E-state index is -0.138. The first-order valence-electron chi connectivity index (χ1n) is 8.02. The summed E-state index contributed by atoms with van der Waals surface area (Å²) in [6.45, 7) is 3.93. The second kappa shape index (κ2) is 8.33. The molecule has 0 heterocycles. The molecule has 0 saturated heterocycles. The molecule has 0 aliphatic rings. The van der Waals surface area contributed by atoms with Crippen molar-refractivity contribution in [3.05, 3.63) is 59.2 Å². The molecule has 132 valence electrons. The molecule has 0 unspecified atom stereocenters. The average molecular weight is 341 g/mol. The third kappa shape index (κ3) is 4.83. The van der Waals surface area contributed by atoms with Gasteiger partial charge in [-0.05, 0) is 43.2 Å². The van der Waals surface area contributed by atoms with E-state index >= 15 is 0 Å². The molecule has 0 saturated carbocycles. The molecule has 0 N–H and O–H groups in total. The Balaban J connectivity index is 1.99. The molecule has 0 radical (unpaired) electrons. The number of ketones is 1. The van der Waals surface area contributed by atoms with Crippen LogP contribution in [0.4, 0.5) is 0 Å². The Kier molecular flexibility index (Phi) is 6.17. The van der Waals surface area contributed by atoms with Crippen LogP contribution >= 0.6 is 0 Å². The van der Waals surface area contributed by atoms with Crippen molar-refractivity contribution in [3.8, 4) is 11.5 Å². The van der Waals surface area contributed by atoms with Crippen molar-refractivity contribution < 1.29 is 19.1 Å². The van der Waals surface area contributed by atoms with Crippen LogP contribution in [0.5, 0.6) is 11.5 Å². The van der Waals surface area contributed by atoms with E-state index in [1.165, 1.54) is 14.0 Å². The van der Waals surface area contributed by atoms with Crippen LogP contribution in [0.25, 0.3) is 0 Å². The van der Waals surface area contributed by atoms with Gasteiger partial charge in [0.1, 0.15) is 0 Å². The number of carbonyl (C=O) groups is 2. The van der Waals surface area contributed by atoms with Gasteiger partial charge in [0.15, 0.2) is 23.9 Å². The minimum absolute atomic E-state index is 0.0566. The predicted octanol–water partition coefficient (Wildman–Crippen LogP) is 3.24. The molecule has 5 heteroatoms. The van der Waals surface area contributed by atoms with Crippen LogP contribution in [0.1, 0.15) is 28.4 Å². The van der Waals surface area contributed by atoms with Gasteiger partial charge in [0, 0.05) is 19.2 Å². The number of methoxy groups -OCH3 is 1. The number of Topliss-reactive ketones (excluding diaryl/α,β-unsaturated/α-hetero) is 1. The molecule has 2 rings (SSSR count). The molecule has 0 spiro atoms. The first-order valence-corrected chi connectivity index (χ1v) is 8.02. The van der Waals surface area contributed by atoms with E-state index in [2.05, 4.69) is 0 Å². The quantitative estimate of drug-likeness (QED) is 0.726. The van der Waals surface area contributed by atoms with E-state index in [4.69, 9.17) is 9.47 Å². The summed E-state index contributed by atoms with van der Waals surface area (Å²) in [6, 6.07) is 12.9. The number of benzene rings is 2. The fourth-order valence-electron chi connectivity index (χ4n) is 2.39. The molecular weight excluding hydrogens is 318 g/mol. The summed E-state index contributed by atoms with van der Waals surface area (Å²) >= 11 is 0. The summed E-state index contributed by atoms with van der Waals surface area (Å²) < 4.78 is 10.8. The van der Waals surface area contributed by atoms with Crippen LogP contribution in [-0.4, -0.2) is 37.4 Å². The Morgan fingerprint density at radius 1 is 1.08 bits per heavy atom. The zero-order valence-corrected chi connectivity index (χ0v) is 15.0. The average Bonchev–Trinajstić information content (AvgIpc) is 2.61. The summed E-state index contributed by atoms with van der Waals surface area (Å²) in [7, 11) is 3.24. The van der Waals surface area contributed by atoms with Crippen LogP contribution in [0.3, 0.4) is 0 Å². The van der Waals surface area contributed by atoms with Gasteiger partial charge in [-0.15, -0.1) is 0 Å². The second-order valence-corrected chi connectivity index (χ2v) is 5.89. The van der Waals surface area contributed by atoms with E-state index in [0.717, 1.165) is 11.1 Å². The van der Waals surface area contributed by atoms with Gasteiger partial charge in [0.2, 0.25) is 0 Å². The van der Waals surface area contributed by atoms with E-state index in [9.17, 15) is 9.59 Å². The van der Waals surface area contributed by atoms with Crippen molar-refractivity contribution in [1.29, 1.82) is 0 Å². The molecule has 0 aliphatic heterocycles. The lowest BCUT2D eigenvalue weighted by atomic mass is 10.1. The highest BCUT2D eigenvalue weighted by atomic mass is 16.5. The van der Waals surface area contributed by atoms with Crippen molar-refractivity contribution >= 4 is 11.7 Å². The van der Waals surface area contributed by atoms with Gasteiger partial charge in [-0.25, -0.2) is 0 Å². The third-order valence-corrected chi connectivity index (χ3v) is 4.02. The highest BCUT2D eigenvalue weighted by Crippen LogP contribution is 2.28. The number of rotatable bonds is 7. The topological polar surface area (TPSA) is 55.8 Å². The van der Waals surface area contributed by atoms with Gasteiger partial charge in [-0.3, -0.25) is 9.59 Å². The maximum Gasteiger partial charge on any atom is 0.260 e. The smallest absolute Gasteiger partial charge is 0.260 e. The first kappa shape index (κ1) is 18.5. The molecule has 0 aromatic heterocycles. The summed E-state index contributed by atoms with van der Waals surface area (Å²) in [4.78, 5) is 25.4. The number of amides is 1. The monoisotopic (exact) mass is 341 g/mol. The van der Waals surface area contributed by atoms with Gasteiger partial charge >= 0.3 is 0 Å². The Morgan fingerprint density at radius 3 is 2.44 bits per heavy atom. The van der Waals surface area contributed by atoms with Crippen LogP contribution in [0.15, 0.2) is 42.5 Å². The van der Waals surface area contributed by atoms with Crippen molar-refractivity contribution in [2.75, 3.05) is 20.8 Å². The Labute approximate surface area is 148 Å². The van der Waals surface area contributed by atoms with Gasteiger partial charge in [-0.2, -0.15) is 0 Å². The number of hydrogen-bond donors (Lipinski definition) is 0. The zero-order valence-electron chi connectivity index (χ0n) is 15.0. The Bertz CT molecular complexity index is 770. The molecule has 1 amide bonds. The number of carbonyl (C=O) groups excluding carboxylic acids is 2. The highest BCUT2D eigenvalue weighted by molar-refractivity contribution is 5.94. The van der Waals surface area contributed by atoms with E-state index < -0.39 is 0 Å². The maximum atomic E-state index is 12.3. The van der Waals surface area contributed by atoms with Gasteiger partial charge in [-0.1, -0.05) is 24.3 Å². The first-order chi connectivity index (χ1) is 11.9. The Morgan fingerprint density at radius 2 is 1.80 bits per heavy atom. The lowest BCUT2D eigenvalue weighted by Crippen LogP contribution is -2.31. The van der Waals surface area contributed by atoms with Gasteiger partial charge < -0.3 is 14.4 Å². The van der Waals surface area contributed by atoms with E-state index in [1.807, 2.05) is 31.2 Å². The van der Waals surface area contributed by atoms with Crippen molar-refractivity contribution in [3.63, 3.8) is 0 Å². The van der Waals surface area contributed by atoms with Crippen LogP contribution in [0, 0.1) is 6.92 Å². The van der Waals surface area contributed by atoms with E-state index in [-0.39, 0.29) is 18.3 Å². The van der Waals surface area contributed by atoms with Crippen molar-refractivity contribution in [1.82, 2.24) is 4.90 Å². The minimum Gasteiger partial charge on any atom is -0.493 e. The summed E-state index contributed by atoms with van der Waals surface area (Å²) in [5, 5.41) is 0. The molecule has 0 atom stereocenters. The van der Waals surface area contributed by atoms with Crippen LogP contribution in [-0.2, 0) is 11.3 Å². The van der Waals surface area contributed by atoms with E-state index in [0.29, 0.717) is 23.6 Å². The van der Waals surface area contributed by atoms with Crippen LogP contribution in [0.2, 0.25) is 0 Å². The second-order valence-electron chi connectivity index (χ2n) is 5.89. The number of ether oxygens (including phenoxy) is 2. The SMILES string of the molecule is COc1cc(C(C)=O)ccc1OCC(=O)N(C)Cc1ccccc1C. The fourth-order valence-corrected chi connectivity index (χ4v) is 2.39. The maximum absolute atomic E-state index is 12.3.